The number of aromatic nitrogens is 4. The van der Waals surface area contributed by atoms with Gasteiger partial charge in [-0.25, -0.2) is 9.97 Å². The number of nitrogens with one attached hydrogen (secondary N) is 2. The van der Waals surface area contributed by atoms with E-state index in [4.69, 9.17) is 9.97 Å². The van der Waals surface area contributed by atoms with Gasteiger partial charge >= 0.3 is 0 Å². The molecular weight excluding hydrogens is 298 g/mol. The van der Waals surface area contributed by atoms with Gasteiger partial charge in [0.05, 0.1) is 11.0 Å². The summed E-state index contributed by atoms with van der Waals surface area (Å²) in [6.45, 7) is 2.01. The van der Waals surface area contributed by atoms with Crippen LogP contribution in [-0.2, 0) is 0 Å². The molecule has 4 aromatic rings. The highest BCUT2D eigenvalue weighted by atomic mass is 15.2. The van der Waals surface area contributed by atoms with Crippen LogP contribution in [0.1, 0.15) is 24.6 Å². The summed E-state index contributed by atoms with van der Waals surface area (Å²) in [5, 5.41) is 1.16. The molecule has 5 rings (SSSR count). The van der Waals surface area contributed by atoms with E-state index in [9.17, 15) is 0 Å². The Balaban J connectivity index is 1.44. The number of benzene rings is 1. The highest BCUT2D eigenvalue weighted by Gasteiger charge is 2.24. The zero-order valence-electron chi connectivity index (χ0n) is 13.4. The van der Waals surface area contributed by atoms with Gasteiger partial charge in [-0.3, -0.25) is 0 Å². The number of aromatic amines is 2. The fourth-order valence-electron chi connectivity index (χ4n) is 3.67. The summed E-state index contributed by atoms with van der Waals surface area (Å²) in [6.07, 6.45) is 4.27. The molecule has 120 valence electrons. The summed E-state index contributed by atoms with van der Waals surface area (Å²) >= 11 is 0. The molecule has 2 N–H and O–H groups in total. The summed E-state index contributed by atoms with van der Waals surface area (Å²) < 4.78 is 0. The van der Waals surface area contributed by atoms with Crippen LogP contribution in [0.2, 0.25) is 0 Å². The molecule has 0 amide bonds. The number of rotatable bonds is 2. The molecule has 1 atom stereocenters. The second-order valence-corrected chi connectivity index (χ2v) is 6.51. The quantitative estimate of drug-likeness (QED) is 0.591. The van der Waals surface area contributed by atoms with Crippen molar-refractivity contribution < 1.29 is 0 Å². The van der Waals surface area contributed by atoms with Crippen LogP contribution in [0.4, 0.5) is 5.82 Å². The van der Waals surface area contributed by atoms with Crippen LogP contribution in [0.3, 0.4) is 0 Å². The molecule has 3 aromatic heterocycles. The molecule has 1 fully saturated rings. The lowest BCUT2D eigenvalue weighted by Crippen LogP contribution is -2.35. The van der Waals surface area contributed by atoms with Gasteiger partial charge in [0.15, 0.2) is 0 Å². The third kappa shape index (κ3) is 2.24. The Kier molecular flexibility index (Phi) is 3.04. The number of anilines is 1. The number of fused-ring (bicyclic) bond motifs is 2. The molecule has 0 bridgehead atoms. The van der Waals surface area contributed by atoms with E-state index in [1.807, 2.05) is 18.3 Å². The standard InChI is InChI=1S/C19H19N5/c1-2-6-16-15(5-1)21-19(22-16)14-4-3-11-24(12-14)17-8-7-13-9-10-20-18(13)23-17/h1-2,5-10,14H,3-4,11-12H2,(H,20,23)(H,21,22)/t14-/m0/s1. The Morgan fingerprint density at radius 2 is 2.00 bits per heavy atom. The molecule has 1 saturated heterocycles. The minimum atomic E-state index is 0.423. The van der Waals surface area contributed by atoms with Crippen LogP contribution in [0.5, 0.6) is 0 Å². The number of pyridine rings is 1. The van der Waals surface area contributed by atoms with Crippen LogP contribution in [0, 0.1) is 0 Å². The van der Waals surface area contributed by atoms with E-state index in [1.54, 1.807) is 0 Å². The Bertz CT molecular complexity index is 958. The first-order valence-corrected chi connectivity index (χ1v) is 8.50. The van der Waals surface area contributed by atoms with Gasteiger partial charge in [0.2, 0.25) is 0 Å². The molecule has 0 saturated carbocycles. The van der Waals surface area contributed by atoms with Gasteiger partial charge in [0.1, 0.15) is 17.3 Å². The minimum absolute atomic E-state index is 0.423. The third-order valence-electron chi connectivity index (χ3n) is 4.93. The van der Waals surface area contributed by atoms with Crippen molar-refractivity contribution >= 4 is 27.9 Å². The average Bonchev–Trinajstić information content (AvgIpc) is 3.27. The molecule has 0 spiro atoms. The number of hydrogen-bond donors (Lipinski definition) is 2. The maximum atomic E-state index is 4.80. The van der Waals surface area contributed by atoms with Crippen LogP contribution in [0.15, 0.2) is 48.7 Å². The van der Waals surface area contributed by atoms with Crippen molar-refractivity contribution in [2.75, 3.05) is 18.0 Å². The Labute approximate surface area is 139 Å². The highest BCUT2D eigenvalue weighted by Crippen LogP contribution is 2.29. The molecular formula is C19H19N5. The molecule has 5 heteroatoms. The van der Waals surface area contributed by atoms with Crippen molar-refractivity contribution in [3.8, 4) is 0 Å². The smallest absolute Gasteiger partial charge is 0.139 e. The van der Waals surface area contributed by atoms with Crippen molar-refractivity contribution in [1.29, 1.82) is 0 Å². The summed E-state index contributed by atoms with van der Waals surface area (Å²) in [5.41, 5.74) is 3.13. The fraction of sp³-hybridized carbons (Fsp3) is 0.263. The predicted octanol–water partition coefficient (Wildman–Crippen LogP) is 3.82. The maximum Gasteiger partial charge on any atom is 0.139 e. The van der Waals surface area contributed by atoms with E-state index in [1.165, 1.54) is 6.42 Å². The predicted molar refractivity (Wildman–Crippen MR) is 96.4 cm³/mol. The van der Waals surface area contributed by atoms with Crippen molar-refractivity contribution in [3.63, 3.8) is 0 Å². The van der Waals surface area contributed by atoms with Gasteiger partial charge in [-0.2, -0.15) is 0 Å². The summed E-state index contributed by atoms with van der Waals surface area (Å²) in [5.74, 6) is 2.57. The summed E-state index contributed by atoms with van der Waals surface area (Å²) in [6, 6.07) is 14.6. The van der Waals surface area contributed by atoms with Gasteiger partial charge in [-0.1, -0.05) is 12.1 Å². The highest BCUT2D eigenvalue weighted by molar-refractivity contribution is 5.77. The van der Waals surface area contributed by atoms with Crippen LogP contribution in [-0.4, -0.2) is 33.0 Å². The van der Waals surface area contributed by atoms with E-state index in [0.717, 1.165) is 53.2 Å². The SMILES string of the molecule is c1ccc2[nH]c([C@H]3CCCN(c4ccc5cc[nH]c5n4)C3)nc2c1. The molecule has 0 aliphatic carbocycles. The number of hydrogen-bond acceptors (Lipinski definition) is 3. The zero-order chi connectivity index (χ0) is 15.9. The van der Waals surface area contributed by atoms with E-state index in [0.29, 0.717) is 5.92 Å². The lowest BCUT2D eigenvalue weighted by Gasteiger charge is -2.32. The summed E-state index contributed by atoms with van der Waals surface area (Å²) in [4.78, 5) is 18.6. The molecule has 4 heterocycles. The first-order chi connectivity index (χ1) is 11.9. The van der Waals surface area contributed by atoms with Gasteiger partial charge in [0.25, 0.3) is 0 Å². The third-order valence-corrected chi connectivity index (χ3v) is 4.93. The molecule has 24 heavy (non-hydrogen) atoms. The van der Waals surface area contributed by atoms with E-state index in [-0.39, 0.29) is 0 Å². The van der Waals surface area contributed by atoms with Crippen LogP contribution in [0.25, 0.3) is 22.1 Å². The molecule has 1 aromatic carbocycles. The molecule has 1 aliphatic rings. The Hall–Kier alpha value is -2.82. The van der Waals surface area contributed by atoms with Gasteiger partial charge in [-0.15, -0.1) is 0 Å². The molecule has 0 radical (unpaired) electrons. The van der Waals surface area contributed by atoms with E-state index in [2.05, 4.69) is 45.2 Å². The van der Waals surface area contributed by atoms with Gasteiger partial charge in [0, 0.05) is 30.6 Å². The van der Waals surface area contributed by atoms with E-state index < -0.39 is 0 Å². The van der Waals surface area contributed by atoms with Crippen LogP contribution >= 0.6 is 0 Å². The second-order valence-electron chi connectivity index (χ2n) is 6.51. The summed E-state index contributed by atoms with van der Waals surface area (Å²) in [7, 11) is 0. The van der Waals surface area contributed by atoms with Crippen molar-refractivity contribution in [2.45, 2.75) is 18.8 Å². The lowest BCUT2D eigenvalue weighted by atomic mass is 9.97. The maximum absolute atomic E-state index is 4.80. The first kappa shape index (κ1) is 13.6. The second kappa shape index (κ2) is 5.37. The zero-order valence-corrected chi connectivity index (χ0v) is 13.4. The topological polar surface area (TPSA) is 60.6 Å². The number of imidazole rings is 1. The molecule has 1 aliphatic heterocycles. The number of piperidine rings is 1. The number of H-pyrrole nitrogens is 2. The Morgan fingerprint density at radius 1 is 1.04 bits per heavy atom. The minimum Gasteiger partial charge on any atom is -0.356 e. The van der Waals surface area contributed by atoms with E-state index >= 15 is 0 Å². The molecule has 5 nitrogen and oxygen atoms in total. The van der Waals surface area contributed by atoms with Crippen LogP contribution < -0.4 is 4.90 Å². The van der Waals surface area contributed by atoms with Gasteiger partial charge < -0.3 is 14.9 Å². The van der Waals surface area contributed by atoms with Crippen molar-refractivity contribution in [3.05, 3.63) is 54.5 Å². The number of nitrogens with zero attached hydrogens (tertiary/aromatic N) is 3. The molecule has 0 unspecified atom stereocenters. The Morgan fingerprint density at radius 3 is 2.96 bits per heavy atom. The average molecular weight is 317 g/mol. The monoisotopic (exact) mass is 317 g/mol. The fourth-order valence-corrected chi connectivity index (χ4v) is 3.67. The van der Waals surface area contributed by atoms with Crippen molar-refractivity contribution in [2.24, 2.45) is 0 Å². The number of para-hydroxylation sites is 2. The van der Waals surface area contributed by atoms with Crippen molar-refractivity contribution in [1.82, 2.24) is 19.9 Å². The van der Waals surface area contributed by atoms with Gasteiger partial charge in [-0.05, 0) is 43.2 Å². The lowest BCUT2D eigenvalue weighted by molar-refractivity contribution is 0.493. The largest absolute Gasteiger partial charge is 0.356 e. The first-order valence-electron chi connectivity index (χ1n) is 8.50. The normalized spacial score (nSPS) is 18.5.